The molecule has 0 saturated heterocycles. The lowest BCUT2D eigenvalue weighted by Gasteiger charge is -2.18. The Morgan fingerprint density at radius 2 is 1.84 bits per heavy atom. The second-order valence-corrected chi connectivity index (χ2v) is 7.68. The molecule has 2 rings (SSSR count). The molecule has 0 unspecified atom stereocenters. The highest BCUT2D eigenvalue weighted by Gasteiger charge is 2.16. The molecular weight excluding hydrogens is 314 g/mol. The molecule has 0 fully saturated rings. The Morgan fingerprint density at radius 1 is 1.20 bits per heavy atom. The van der Waals surface area contributed by atoms with Crippen LogP contribution in [0.4, 0.5) is 0 Å². The summed E-state index contributed by atoms with van der Waals surface area (Å²) >= 11 is 0. The Bertz CT molecular complexity index is 710. The molecule has 0 saturated carbocycles. The van der Waals surface area contributed by atoms with Crippen LogP contribution in [0.1, 0.15) is 37.8 Å². The molecule has 5 heteroatoms. The van der Waals surface area contributed by atoms with Gasteiger partial charge in [-0.2, -0.15) is 0 Å². The van der Waals surface area contributed by atoms with Gasteiger partial charge in [0.05, 0.1) is 12.1 Å². The van der Waals surface area contributed by atoms with E-state index in [0.29, 0.717) is 23.9 Å². The minimum atomic E-state index is -0.0344. The molecule has 0 aliphatic heterocycles. The first-order chi connectivity index (χ1) is 11.7. The zero-order valence-electron chi connectivity index (χ0n) is 16.1. The van der Waals surface area contributed by atoms with Crippen molar-refractivity contribution in [3.8, 4) is 11.5 Å². The summed E-state index contributed by atoms with van der Waals surface area (Å²) in [6.45, 7) is 9.85. The zero-order chi connectivity index (χ0) is 18.6. The van der Waals surface area contributed by atoms with Gasteiger partial charge in [0.25, 0.3) is 0 Å². The number of amides is 1. The van der Waals surface area contributed by atoms with Gasteiger partial charge in [-0.3, -0.25) is 4.79 Å². The minimum absolute atomic E-state index is 0.0344. The number of rotatable bonds is 6. The monoisotopic (exact) mass is 343 g/mol. The molecule has 1 N–H and O–H groups in total. The molecule has 1 aromatic carbocycles. The van der Waals surface area contributed by atoms with Crippen molar-refractivity contribution in [1.82, 2.24) is 15.2 Å². The van der Waals surface area contributed by atoms with E-state index in [-0.39, 0.29) is 17.7 Å². The summed E-state index contributed by atoms with van der Waals surface area (Å²) in [4.78, 5) is 18.6. The smallest absolute Gasteiger partial charge is 0.226 e. The Kier molecular flexibility index (Phi) is 6.01. The van der Waals surface area contributed by atoms with Gasteiger partial charge in [-0.1, -0.05) is 32.9 Å². The summed E-state index contributed by atoms with van der Waals surface area (Å²) < 4.78 is 5.77. The lowest BCUT2D eigenvalue weighted by atomic mass is 9.87. The number of aryl methyl sites for hydroxylation is 1. The van der Waals surface area contributed by atoms with Crippen molar-refractivity contribution in [2.24, 2.45) is 0 Å². The standard InChI is InChI=1S/C20H29N3O2/c1-14-17(13-18(24)21-11-12-23(5)6)22-19(25-14)15-7-9-16(10-8-15)20(2,3)4/h7-10H,11-13H2,1-6H3,(H,21,24). The SMILES string of the molecule is Cc1oc(-c2ccc(C(C)(C)C)cc2)nc1CC(=O)NCCN(C)C. The van der Waals surface area contributed by atoms with E-state index in [9.17, 15) is 4.79 Å². The van der Waals surface area contributed by atoms with E-state index >= 15 is 0 Å². The van der Waals surface area contributed by atoms with Crippen molar-refractivity contribution in [1.29, 1.82) is 0 Å². The topological polar surface area (TPSA) is 58.4 Å². The molecule has 25 heavy (non-hydrogen) atoms. The zero-order valence-corrected chi connectivity index (χ0v) is 16.1. The Labute approximate surface area is 150 Å². The van der Waals surface area contributed by atoms with Crippen molar-refractivity contribution in [3.63, 3.8) is 0 Å². The van der Waals surface area contributed by atoms with Gasteiger partial charge in [0, 0.05) is 18.7 Å². The predicted molar refractivity (Wildman–Crippen MR) is 101 cm³/mol. The van der Waals surface area contributed by atoms with Crippen molar-refractivity contribution < 1.29 is 9.21 Å². The highest BCUT2D eigenvalue weighted by atomic mass is 16.4. The molecular formula is C20H29N3O2. The fourth-order valence-corrected chi connectivity index (χ4v) is 2.46. The lowest BCUT2D eigenvalue weighted by molar-refractivity contribution is -0.120. The first-order valence-electron chi connectivity index (χ1n) is 8.65. The van der Waals surface area contributed by atoms with E-state index in [1.54, 1.807) is 0 Å². The molecule has 2 aromatic rings. The minimum Gasteiger partial charge on any atom is -0.441 e. The van der Waals surface area contributed by atoms with Gasteiger partial charge in [0.15, 0.2) is 0 Å². The number of likely N-dealkylation sites (N-methyl/N-ethyl adjacent to an activating group) is 1. The lowest BCUT2D eigenvalue weighted by Crippen LogP contribution is -2.32. The third-order valence-electron chi connectivity index (χ3n) is 4.10. The van der Waals surface area contributed by atoms with Crippen molar-refractivity contribution in [2.45, 2.75) is 39.5 Å². The van der Waals surface area contributed by atoms with Crippen LogP contribution in [-0.2, 0) is 16.6 Å². The highest BCUT2D eigenvalue weighted by Crippen LogP contribution is 2.27. The largest absolute Gasteiger partial charge is 0.441 e. The van der Waals surface area contributed by atoms with E-state index in [0.717, 1.165) is 12.1 Å². The van der Waals surface area contributed by atoms with Gasteiger partial charge in [-0.15, -0.1) is 0 Å². The number of carbonyl (C=O) groups excluding carboxylic acids is 1. The number of aromatic nitrogens is 1. The average molecular weight is 343 g/mol. The Balaban J connectivity index is 2.05. The quantitative estimate of drug-likeness (QED) is 0.875. The second-order valence-electron chi connectivity index (χ2n) is 7.68. The van der Waals surface area contributed by atoms with E-state index in [1.807, 2.05) is 38.1 Å². The number of hydrogen-bond acceptors (Lipinski definition) is 4. The molecule has 1 heterocycles. The van der Waals surface area contributed by atoms with Crippen molar-refractivity contribution in [3.05, 3.63) is 41.3 Å². The van der Waals surface area contributed by atoms with Gasteiger partial charge in [0.1, 0.15) is 5.76 Å². The van der Waals surface area contributed by atoms with Crippen LogP contribution in [-0.4, -0.2) is 43.0 Å². The van der Waals surface area contributed by atoms with E-state index in [4.69, 9.17) is 4.42 Å². The highest BCUT2D eigenvalue weighted by molar-refractivity contribution is 5.78. The summed E-state index contributed by atoms with van der Waals surface area (Å²) in [5.74, 6) is 1.22. The van der Waals surface area contributed by atoms with Gasteiger partial charge >= 0.3 is 0 Å². The molecule has 1 aromatic heterocycles. The number of nitrogens with one attached hydrogen (secondary N) is 1. The van der Waals surface area contributed by atoms with Crippen LogP contribution in [0.3, 0.4) is 0 Å². The van der Waals surface area contributed by atoms with Crippen LogP contribution in [0, 0.1) is 6.92 Å². The van der Waals surface area contributed by atoms with Crippen LogP contribution in [0.15, 0.2) is 28.7 Å². The summed E-state index contributed by atoms with van der Waals surface area (Å²) in [5, 5.41) is 2.90. The third-order valence-corrected chi connectivity index (χ3v) is 4.10. The van der Waals surface area contributed by atoms with E-state index in [1.165, 1.54) is 5.56 Å². The number of nitrogens with zero attached hydrogens (tertiary/aromatic N) is 2. The van der Waals surface area contributed by atoms with Gasteiger partial charge in [-0.05, 0) is 44.1 Å². The fraction of sp³-hybridized carbons (Fsp3) is 0.500. The summed E-state index contributed by atoms with van der Waals surface area (Å²) in [7, 11) is 3.95. The Morgan fingerprint density at radius 3 is 2.40 bits per heavy atom. The van der Waals surface area contributed by atoms with Gasteiger partial charge in [0.2, 0.25) is 11.8 Å². The maximum atomic E-state index is 12.0. The third kappa shape index (κ3) is 5.43. The summed E-state index contributed by atoms with van der Waals surface area (Å²) in [5.41, 5.74) is 2.99. The number of benzene rings is 1. The number of carbonyl (C=O) groups is 1. The van der Waals surface area contributed by atoms with Gasteiger partial charge < -0.3 is 14.6 Å². The second kappa shape index (κ2) is 7.83. The van der Waals surface area contributed by atoms with Crippen LogP contribution in [0.2, 0.25) is 0 Å². The maximum Gasteiger partial charge on any atom is 0.226 e. The molecule has 136 valence electrons. The molecule has 0 aliphatic rings. The van der Waals surface area contributed by atoms with E-state index < -0.39 is 0 Å². The normalized spacial score (nSPS) is 11.8. The summed E-state index contributed by atoms with van der Waals surface area (Å²) in [6.07, 6.45) is 0.239. The number of oxazole rings is 1. The first kappa shape index (κ1) is 19.2. The van der Waals surface area contributed by atoms with Crippen LogP contribution in [0.5, 0.6) is 0 Å². The molecule has 0 atom stereocenters. The fourth-order valence-electron chi connectivity index (χ4n) is 2.46. The van der Waals surface area contributed by atoms with Gasteiger partial charge in [-0.25, -0.2) is 4.98 Å². The number of hydrogen-bond donors (Lipinski definition) is 1. The first-order valence-corrected chi connectivity index (χ1v) is 8.65. The molecule has 0 radical (unpaired) electrons. The Hall–Kier alpha value is -2.14. The maximum absolute atomic E-state index is 12.0. The average Bonchev–Trinajstić information content (AvgIpc) is 2.87. The predicted octanol–water partition coefficient (Wildman–Crippen LogP) is 3.17. The molecule has 5 nitrogen and oxygen atoms in total. The van der Waals surface area contributed by atoms with Crippen LogP contribution >= 0.6 is 0 Å². The van der Waals surface area contributed by atoms with Crippen LogP contribution in [0.25, 0.3) is 11.5 Å². The van der Waals surface area contributed by atoms with Crippen molar-refractivity contribution in [2.75, 3.05) is 27.2 Å². The molecule has 0 aliphatic carbocycles. The molecule has 0 bridgehead atoms. The molecule has 0 spiro atoms. The van der Waals surface area contributed by atoms with E-state index in [2.05, 4.69) is 43.2 Å². The molecule has 1 amide bonds. The van der Waals surface area contributed by atoms with Crippen molar-refractivity contribution >= 4 is 5.91 Å². The summed E-state index contributed by atoms with van der Waals surface area (Å²) in [6, 6.07) is 8.24. The van der Waals surface area contributed by atoms with Crippen LogP contribution < -0.4 is 5.32 Å².